The van der Waals surface area contributed by atoms with Gasteiger partial charge in [-0.1, -0.05) is 18.2 Å². The Bertz CT molecular complexity index is 970. The molecule has 24 heavy (non-hydrogen) atoms. The third-order valence-corrected chi connectivity index (χ3v) is 3.32. The molecule has 0 atom stereocenters. The molecule has 0 fully saturated rings. The Kier molecular flexibility index (Phi) is 4.48. The van der Waals surface area contributed by atoms with Gasteiger partial charge in [0.2, 0.25) is 5.55 Å². The lowest BCUT2D eigenvalue weighted by molar-refractivity contribution is -0.384. The van der Waals surface area contributed by atoms with Crippen molar-refractivity contribution in [2.24, 2.45) is 5.10 Å². The van der Waals surface area contributed by atoms with E-state index in [2.05, 4.69) is 15.8 Å². The largest absolute Gasteiger partial charge is 0.437 e. The second-order valence-electron chi connectivity index (χ2n) is 4.80. The summed E-state index contributed by atoms with van der Waals surface area (Å²) in [7, 11) is 0. The minimum absolute atomic E-state index is 0.00810. The summed E-state index contributed by atoms with van der Waals surface area (Å²) in [5.74, 6) is 0. The second-order valence-corrected chi connectivity index (χ2v) is 5.20. The lowest BCUT2D eigenvalue weighted by Crippen LogP contribution is -2.26. The van der Waals surface area contributed by atoms with Crippen molar-refractivity contribution in [2.45, 2.75) is 0 Å². The first-order chi connectivity index (χ1) is 11.6. The quantitative estimate of drug-likeness (QED) is 0.432. The average Bonchev–Trinajstić information content (AvgIpc) is 2.60. The van der Waals surface area contributed by atoms with Crippen molar-refractivity contribution in [2.75, 3.05) is 5.32 Å². The Morgan fingerprint density at radius 1 is 1.12 bits per heavy atom. The number of nitro groups is 1. The molecule has 0 unspecified atom stereocenters. The van der Waals surface area contributed by atoms with Crippen molar-refractivity contribution in [1.82, 2.24) is 5.43 Å². The van der Waals surface area contributed by atoms with Crippen molar-refractivity contribution in [3.05, 3.63) is 76.3 Å². The molecule has 0 aliphatic carbocycles. The van der Waals surface area contributed by atoms with Gasteiger partial charge in [0, 0.05) is 29.3 Å². The van der Waals surface area contributed by atoms with Gasteiger partial charge in [-0.15, -0.1) is 5.10 Å². The van der Waals surface area contributed by atoms with Crippen LogP contribution in [0.5, 0.6) is 0 Å². The number of rotatable bonds is 3. The standard InChI is InChI=1S/C16H12N4O3S/c21-20(22)13-7-8-14-11(10-13)6-9-15(23-14)18-19-16(24)17-12-4-2-1-3-5-12/h1-10H,(H2,17,19,24)/b18-15+. The van der Waals surface area contributed by atoms with Crippen molar-refractivity contribution in [3.63, 3.8) is 0 Å². The molecule has 3 aromatic rings. The summed E-state index contributed by atoms with van der Waals surface area (Å²) in [5, 5.41) is 18.7. The lowest BCUT2D eigenvalue weighted by Gasteiger charge is -2.05. The molecule has 0 spiro atoms. The Labute approximate surface area is 141 Å². The maximum atomic E-state index is 10.8. The minimum atomic E-state index is -0.451. The number of fused-ring (bicyclic) bond motifs is 1. The summed E-state index contributed by atoms with van der Waals surface area (Å²) >= 11 is 5.14. The first-order valence-corrected chi connectivity index (χ1v) is 7.37. The van der Waals surface area contributed by atoms with Crippen LogP contribution in [0.1, 0.15) is 0 Å². The van der Waals surface area contributed by atoms with Gasteiger partial charge in [0.05, 0.1) is 4.92 Å². The third-order valence-electron chi connectivity index (χ3n) is 3.12. The molecule has 120 valence electrons. The summed E-state index contributed by atoms with van der Waals surface area (Å²) in [6.45, 7) is 0. The van der Waals surface area contributed by atoms with Gasteiger partial charge in [0.25, 0.3) is 5.69 Å². The number of thiocarbonyl (C=S) groups is 1. The van der Waals surface area contributed by atoms with Gasteiger partial charge in [-0.2, -0.15) is 0 Å². The first kappa shape index (κ1) is 15.6. The molecule has 0 aliphatic rings. The van der Waals surface area contributed by atoms with Crippen LogP contribution in [0.3, 0.4) is 0 Å². The minimum Gasteiger partial charge on any atom is -0.437 e. The molecule has 7 nitrogen and oxygen atoms in total. The number of nitrogens with zero attached hydrogens (tertiary/aromatic N) is 2. The number of nitro benzene ring substituents is 1. The molecule has 8 heteroatoms. The van der Waals surface area contributed by atoms with Crippen LogP contribution < -0.4 is 16.3 Å². The number of nitrogens with one attached hydrogen (secondary N) is 2. The predicted molar refractivity (Wildman–Crippen MR) is 94.2 cm³/mol. The Morgan fingerprint density at radius 2 is 1.92 bits per heavy atom. The van der Waals surface area contributed by atoms with E-state index < -0.39 is 4.92 Å². The van der Waals surface area contributed by atoms with Crippen molar-refractivity contribution < 1.29 is 9.34 Å². The normalized spacial score (nSPS) is 11.2. The number of hydrogen-bond acceptors (Lipinski definition) is 5. The number of anilines is 1. The van der Waals surface area contributed by atoms with Gasteiger partial charge in [-0.25, -0.2) is 5.43 Å². The number of hydrogen-bond donors (Lipinski definition) is 2. The fourth-order valence-corrected chi connectivity index (χ4v) is 2.19. The van der Waals surface area contributed by atoms with Crippen LogP contribution in [0.15, 0.2) is 70.2 Å². The fraction of sp³-hybridized carbons (Fsp3) is 0. The highest BCUT2D eigenvalue weighted by Crippen LogP contribution is 2.18. The number of benzene rings is 2. The highest BCUT2D eigenvalue weighted by molar-refractivity contribution is 7.80. The van der Waals surface area contributed by atoms with Gasteiger partial charge in [-0.05, 0) is 36.5 Å². The average molecular weight is 340 g/mol. The van der Waals surface area contributed by atoms with Crippen LogP contribution in [0.2, 0.25) is 0 Å². The second kappa shape index (κ2) is 6.88. The summed E-state index contributed by atoms with van der Waals surface area (Å²) in [5.41, 5.74) is 4.32. The maximum absolute atomic E-state index is 10.8. The van der Waals surface area contributed by atoms with Crippen molar-refractivity contribution in [3.8, 4) is 0 Å². The van der Waals surface area contributed by atoms with Gasteiger partial charge < -0.3 is 9.73 Å². The summed E-state index contributed by atoms with van der Waals surface area (Å²) in [4.78, 5) is 10.3. The topological polar surface area (TPSA) is 92.7 Å². The number of non-ortho nitro benzene ring substituents is 1. The first-order valence-electron chi connectivity index (χ1n) is 6.96. The van der Waals surface area contributed by atoms with E-state index in [-0.39, 0.29) is 5.69 Å². The van der Waals surface area contributed by atoms with E-state index in [1.165, 1.54) is 18.2 Å². The molecule has 0 amide bonds. The van der Waals surface area contributed by atoms with Crippen LogP contribution in [0.4, 0.5) is 11.4 Å². The van der Waals surface area contributed by atoms with Crippen LogP contribution >= 0.6 is 12.2 Å². The van der Waals surface area contributed by atoms with Crippen LogP contribution in [0.25, 0.3) is 11.0 Å². The van der Waals surface area contributed by atoms with E-state index in [4.69, 9.17) is 16.6 Å². The highest BCUT2D eigenvalue weighted by atomic mass is 32.1. The molecule has 0 bridgehead atoms. The molecule has 2 aromatic carbocycles. The van der Waals surface area contributed by atoms with E-state index in [0.717, 1.165) is 5.69 Å². The predicted octanol–water partition coefficient (Wildman–Crippen LogP) is 3.14. The molecule has 0 saturated carbocycles. The Hall–Kier alpha value is -3.26. The molecule has 3 rings (SSSR count). The molecule has 1 heterocycles. The van der Waals surface area contributed by atoms with E-state index in [0.29, 0.717) is 21.6 Å². The van der Waals surface area contributed by atoms with Gasteiger partial charge in [0.15, 0.2) is 5.11 Å². The van der Waals surface area contributed by atoms with Crippen LogP contribution in [-0.2, 0) is 0 Å². The zero-order valence-electron chi connectivity index (χ0n) is 12.3. The third kappa shape index (κ3) is 3.73. The van der Waals surface area contributed by atoms with Gasteiger partial charge >= 0.3 is 0 Å². The monoisotopic (exact) mass is 340 g/mol. The molecule has 0 saturated heterocycles. The lowest BCUT2D eigenvalue weighted by atomic mass is 10.2. The van der Waals surface area contributed by atoms with E-state index >= 15 is 0 Å². The van der Waals surface area contributed by atoms with Crippen molar-refractivity contribution >= 4 is 39.7 Å². The van der Waals surface area contributed by atoms with Gasteiger partial charge in [-0.3, -0.25) is 10.1 Å². The van der Waals surface area contributed by atoms with E-state index in [9.17, 15) is 10.1 Å². The maximum Gasteiger partial charge on any atom is 0.270 e. The smallest absolute Gasteiger partial charge is 0.270 e. The molecule has 1 aromatic heterocycles. The van der Waals surface area contributed by atoms with E-state index in [1.807, 2.05) is 30.3 Å². The Morgan fingerprint density at radius 3 is 2.67 bits per heavy atom. The van der Waals surface area contributed by atoms with Crippen LogP contribution in [-0.4, -0.2) is 10.0 Å². The molecule has 0 radical (unpaired) electrons. The zero-order chi connectivity index (χ0) is 16.9. The van der Waals surface area contributed by atoms with Gasteiger partial charge in [0.1, 0.15) is 5.58 Å². The van der Waals surface area contributed by atoms with Crippen LogP contribution in [0, 0.1) is 10.1 Å². The van der Waals surface area contributed by atoms with Crippen molar-refractivity contribution in [1.29, 1.82) is 0 Å². The summed E-state index contributed by atoms with van der Waals surface area (Å²) < 4.78 is 5.56. The molecule has 2 N–H and O–H groups in total. The molecular weight excluding hydrogens is 328 g/mol. The highest BCUT2D eigenvalue weighted by Gasteiger charge is 2.06. The Balaban J connectivity index is 1.76. The van der Waals surface area contributed by atoms with E-state index in [1.54, 1.807) is 12.1 Å². The summed E-state index contributed by atoms with van der Waals surface area (Å²) in [6, 6.07) is 17.1. The zero-order valence-corrected chi connectivity index (χ0v) is 13.1. The molecular formula is C16H12N4O3S. The molecule has 0 aliphatic heterocycles. The number of para-hydroxylation sites is 1. The fourth-order valence-electron chi connectivity index (χ4n) is 2.03. The summed E-state index contributed by atoms with van der Waals surface area (Å²) in [6.07, 6.45) is 0. The SMILES string of the molecule is O=[N+]([O-])c1ccc2o/c(=N/NC(=S)Nc3ccccc3)ccc2c1.